The fourth-order valence-electron chi connectivity index (χ4n) is 3.32. The maximum atomic E-state index is 13.3. The van der Waals surface area contributed by atoms with Crippen molar-refractivity contribution in [2.24, 2.45) is 0 Å². The Hall–Kier alpha value is -2.55. The van der Waals surface area contributed by atoms with Crippen LogP contribution in [0.4, 0.5) is 5.88 Å². The molecule has 3 aromatic rings. The topological polar surface area (TPSA) is 90.7 Å². The second-order valence-corrected chi connectivity index (χ2v) is 9.39. The van der Waals surface area contributed by atoms with Crippen LogP contribution in [0, 0.1) is 0 Å². The van der Waals surface area contributed by atoms with E-state index in [2.05, 4.69) is 10.3 Å². The van der Waals surface area contributed by atoms with Crippen molar-refractivity contribution >= 4 is 27.3 Å². The zero-order chi connectivity index (χ0) is 21.8. The highest BCUT2D eigenvalue weighted by molar-refractivity contribution is 7.91. The molecule has 2 aromatic carbocycles. The summed E-state index contributed by atoms with van der Waals surface area (Å²) < 4.78 is 43.5. The molecule has 2 heterocycles. The lowest BCUT2D eigenvalue weighted by atomic mass is 10.2. The molecular formula is C22H23ClN2O5S. The lowest BCUT2D eigenvalue weighted by Crippen LogP contribution is -2.19. The van der Waals surface area contributed by atoms with Gasteiger partial charge in [-0.2, -0.15) is 4.98 Å². The molecule has 4 rings (SSSR count). The summed E-state index contributed by atoms with van der Waals surface area (Å²) in [7, 11) is -3.93. The molecule has 0 aliphatic carbocycles. The van der Waals surface area contributed by atoms with Crippen molar-refractivity contribution in [3.05, 3.63) is 53.6 Å². The number of anilines is 1. The zero-order valence-corrected chi connectivity index (χ0v) is 18.6. The van der Waals surface area contributed by atoms with E-state index >= 15 is 0 Å². The molecule has 9 heteroatoms. The molecule has 0 amide bonds. The minimum absolute atomic E-state index is 0.00473. The van der Waals surface area contributed by atoms with Gasteiger partial charge in [-0.25, -0.2) is 8.42 Å². The van der Waals surface area contributed by atoms with E-state index in [1.807, 2.05) is 6.92 Å². The first kappa shape index (κ1) is 21.7. The number of benzene rings is 2. The van der Waals surface area contributed by atoms with Crippen LogP contribution in [0.5, 0.6) is 5.75 Å². The molecule has 31 heavy (non-hydrogen) atoms. The third-order valence-electron chi connectivity index (χ3n) is 4.90. The van der Waals surface area contributed by atoms with Crippen molar-refractivity contribution in [3.63, 3.8) is 0 Å². The normalized spacial score (nSPS) is 16.4. The molecule has 0 spiro atoms. The molecule has 1 fully saturated rings. The van der Waals surface area contributed by atoms with Crippen LogP contribution >= 0.6 is 11.6 Å². The number of hydrogen-bond donors (Lipinski definition) is 1. The predicted molar refractivity (Wildman–Crippen MR) is 117 cm³/mol. The smallest absolute Gasteiger partial charge is 0.233 e. The zero-order valence-electron chi connectivity index (χ0n) is 17.0. The molecule has 0 radical (unpaired) electrons. The minimum Gasteiger partial charge on any atom is -0.494 e. The quantitative estimate of drug-likeness (QED) is 0.513. The van der Waals surface area contributed by atoms with Gasteiger partial charge in [-0.1, -0.05) is 11.6 Å². The van der Waals surface area contributed by atoms with Crippen LogP contribution in [0.15, 0.2) is 62.9 Å². The van der Waals surface area contributed by atoms with E-state index in [9.17, 15) is 8.42 Å². The van der Waals surface area contributed by atoms with Gasteiger partial charge in [0.1, 0.15) is 5.75 Å². The summed E-state index contributed by atoms with van der Waals surface area (Å²) in [5.41, 5.74) is 0.640. The molecule has 1 saturated heterocycles. The van der Waals surface area contributed by atoms with E-state index < -0.39 is 9.84 Å². The number of nitrogens with zero attached hydrogens (tertiary/aromatic N) is 1. The van der Waals surface area contributed by atoms with Crippen LogP contribution in [0.1, 0.15) is 19.8 Å². The van der Waals surface area contributed by atoms with Crippen molar-refractivity contribution in [1.82, 2.24) is 4.98 Å². The Morgan fingerprint density at radius 3 is 2.55 bits per heavy atom. The number of hydrogen-bond acceptors (Lipinski definition) is 7. The average molecular weight is 463 g/mol. The van der Waals surface area contributed by atoms with Crippen molar-refractivity contribution in [3.8, 4) is 17.2 Å². The van der Waals surface area contributed by atoms with Crippen LogP contribution in [0.3, 0.4) is 0 Å². The highest BCUT2D eigenvalue weighted by Gasteiger charge is 2.29. The number of rotatable bonds is 8. The fourth-order valence-corrected chi connectivity index (χ4v) is 4.73. The Labute approximate surface area is 186 Å². The monoisotopic (exact) mass is 462 g/mol. The third-order valence-corrected chi connectivity index (χ3v) is 6.83. The standard InChI is InChI=1S/C22H23ClN2O5S/c1-2-28-17-9-5-15(6-10-17)20-25-22(21(30-20)24-14-18-4-3-13-29-18)31(26,27)19-11-7-16(23)8-12-19/h5-12,18,24H,2-4,13-14H2,1H3. The van der Waals surface area contributed by atoms with E-state index in [1.54, 1.807) is 24.3 Å². The van der Waals surface area contributed by atoms with Gasteiger partial charge in [0, 0.05) is 23.7 Å². The summed E-state index contributed by atoms with van der Waals surface area (Å²) >= 11 is 5.92. The van der Waals surface area contributed by atoms with Gasteiger partial charge < -0.3 is 19.2 Å². The summed E-state index contributed by atoms with van der Waals surface area (Å²) in [4.78, 5) is 4.43. The third kappa shape index (κ3) is 4.87. The number of aromatic nitrogens is 1. The first-order chi connectivity index (χ1) is 15.0. The van der Waals surface area contributed by atoms with E-state index in [1.165, 1.54) is 24.3 Å². The summed E-state index contributed by atoms with van der Waals surface area (Å²) in [5, 5.41) is 3.36. The Kier molecular flexibility index (Phi) is 6.50. The Morgan fingerprint density at radius 1 is 1.16 bits per heavy atom. The molecule has 1 aliphatic heterocycles. The first-order valence-corrected chi connectivity index (χ1v) is 11.9. The maximum Gasteiger partial charge on any atom is 0.233 e. The van der Waals surface area contributed by atoms with Crippen molar-refractivity contribution in [2.75, 3.05) is 25.1 Å². The van der Waals surface area contributed by atoms with Gasteiger partial charge >= 0.3 is 0 Å². The molecule has 1 N–H and O–H groups in total. The highest BCUT2D eigenvalue weighted by Crippen LogP contribution is 2.33. The molecular weight excluding hydrogens is 440 g/mol. The van der Waals surface area contributed by atoms with Gasteiger partial charge in [-0.05, 0) is 68.3 Å². The molecule has 1 aromatic heterocycles. The lowest BCUT2D eigenvalue weighted by Gasteiger charge is -2.10. The van der Waals surface area contributed by atoms with Crippen LogP contribution < -0.4 is 10.1 Å². The predicted octanol–water partition coefficient (Wildman–Crippen LogP) is 4.82. The van der Waals surface area contributed by atoms with Crippen LogP contribution in [0.25, 0.3) is 11.5 Å². The molecule has 164 valence electrons. The summed E-state index contributed by atoms with van der Waals surface area (Å²) in [6.45, 7) is 3.60. The lowest BCUT2D eigenvalue weighted by molar-refractivity contribution is 0.120. The second kappa shape index (κ2) is 9.30. The van der Waals surface area contributed by atoms with Crippen LogP contribution in [-0.4, -0.2) is 39.3 Å². The second-order valence-electron chi connectivity index (χ2n) is 7.08. The van der Waals surface area contributed by atoms with Crippen LogP contribution in [0.2, 0.25) is 5.02 Å². The van der Waals surface area contributed by atoms with Gasteiger partial charge in [-0.3, -0.25) is 0 Å². The van der Waals surface area contributed by atoms with Gasteiger partial charge in [0.05, 0.1) is 17.6 Å². The van der Waals surface area contributed by atoms with E-state index in [0.29, 0.717) is 36.1 Å². The Bertz CT molecular complexity index is 1120. The number of oxazole rings is 1. The van der Waals surface area contributed by atoms with Gasteiger partial charge in [0.15, 0.2) is 0 Å². The van der Waals surface area contributed by atoms with Gasteiger partial charge in [0.2, 0.25) is 26.6 Å². The average Bonchev–Trinajstić information content (AvgIpc) is 3.44. The van der Waals surface area contributed by atoms with Gasteiger partial charge in [-0.15, -0.1) is 0 Å². The minimum atomic E-state index is -3.93. The fraction of sp³-hybridized carbons (Fsp3) is 0.318. The molecule has 1 unspecified atom stereocenters. The van der Waals surface area contributed by atoms with Crippen molar-refractivity contribution < 1.29 is 22.3 Å². The van der Waals surface area contributed by atoms with E-state index in [0.717, 1.165) is 12.8 Å². The Balaban J connectivity index is 1.69. The highest BCUT2D eigenvalue weighted by atomic mass is 35.5. The molecule has 1 aliphatic rings. The first-order valence-electron chi connectivity index (χ1n) is 10.1. The summed E-state index contributed by atoms with van der Waals surface area (Å²) in [5.74, 6) is 1.00. The number of nitrogens with one attached hydrogen (secondary N) is 1. The molecule has 0 bridgehead atoms. The largest absolute Gasteiger partial charge is 0.494 e. The molecule has 1 atom stereocenters. The summed E-state index contributed by atoms with van der Waals surface area (Å²) in [6, 6.07) is 13.1. The van der Waals surface area contributed by atoms with Crippen LogP contribution in [-0.2, 0) is 14.6 Å². The number of halogens is 1. The number of sulfone groups is 1. The molecule has 0 saturated carbocycles. The van der Waals surface area contributed by atoms with E-state index in [-0.39, 0.29) is 27.8 Å². The number of ether oxygens (including phenoxy) is 2. The SMILES string of the molecule is CCOc1ccc(-c2nc(S(=O)(=O)c3ccc(Cl)cc3)c(NCC3CCCO3)o2)cc1. The van der Waals surface area contributed by atoms with Crippen molar-refractivity contribution in [1.29, 1.82) is 0 Å². The molecule has 7 nitrogen and oxygen atoms in total. The summed E-state index contributed by atoms with van der Waals surface area (Å²) in [6.07, 6.45) is 1.90. The Morgan fingerprint density at radius 2 is 1.90 bits per heavy atom. The van der Waals surface area contributed by atoms with E-state index in [4.69, 9.17) is 25.5 Å². The van der Waals surface area contributed by atoms with Gasteiger partial charge in [0.25, 0.3) is 0 Å². The van der Waals surface area contributed by atoms with Crippen molar-refractivity contribution in [2.45, 2.75) is 35.8 Å². The maximum absolute atomic E-state index is 13.3.